The van der Waals surface area contributed by atoms with Gasteiger partial charge in [-0.15, -0.1) is 0 Å². The summed E-state index contributed by atoms with van der Waals surface area (Å²) in [5, 5.41) is 2.69. The van der Waals surface area contributed by atoms with E-state index in [1.54, 1.807) is 7.05 Å². The van der Waals surface area contributed by atoms with Crippen LogP contribution >= 0.6 is 0 Å². The predicted molar refractivity (Wildman–Crippen MR) is 67.0 cm³/mol. The molecule has 2 heterocycles. The van der Waals surface area contributed by atoms with E-state index in [1.165, 1.54) is 0 Å². The quantitative estimate of drug-likeness (QED) is 0.913. The van der Waals surface area contributed by atoms with Crippen LogP contribution in [-0.4, -0.2) is 47.9 Å². The van der Waals surface area contributed by atoms with Gasteiger partial charge in [0.2, 0.25) is 11.9 Å². The third-order valence-corrected chi connectivity index (χ3v) is 2.83. The van der Waals surface area contributed by atoms with Crippen molar-refractivity contribution in [2.45, 2.75) is 25.4 Å². The highest BCUT2D eigenvalue weighted by atomic mass is 19.4. The molecule has 1 aromatic rings. The van der Waals surface area contributed by atoms with Gasteiger partial charge in [-0.25, -0.2) is 0 Å². The van der Waals surface area contributed by atoms with E-state index >= 15 is 0 Å². The van der Waals surface area contributed by atoms with Crippen LogP contribution < -0.4 is 15.0 Å². The molecule has 0 atom stereocenters. The molecule has 0 aromatic carbocycles. The third-order valence-electron chi connectivity index (χ3n) is 2.83. The van der Waals surface area contributed by atoms with Gasteiger partial charge >= 0.3 is 12.2 Å². The van der Waals surface area contributed by atoms with E-state index in [9.17, 15) is 13.2 Å². The highest BCUT2D eigenvalue weighted by molar-refractivity contribution is 5.38. The van der Waals surface area contributed by atoms with Gasteiger partial charge in [-0.3, -0.25) is 0 Å². The lowest BCUT2D eigenvalue weighted by molar-refractivity contribution is -0.154. The van der Waals surface area contributed by atoms with Gasteiger partial charge in [0.15, 0.2) is 6.61 Å². The fourth-order valence-corrected chi connectivity index (χ4v) is 1.90. The summed E-state index contributed by atoms with van der Waals surface area (Å²) in [5.41, 5.74) is 0. The van der Waals surface area contributed by atoms with Crippen molar-refractivity contribution in [2.24, 2.45) is 0 Å². The Labute approximate surface area is 114 Å². The van der Waals surface area contributed by atoms with E-state index < -0.39 is 12.8 Å². The molecule has 9 heteroatoms. The molecule has 0 bridgehead atoms. The maximum Gasteiger partial charge on any atom is 0.422 e. The van der Waals surface area contributed by atoms with Crippen molar-refractivity contribution in [3.05, 3.63) is 0 Å². The van der Waals surface area contributed by atoms with Crippen LogP contribution in [0.3, 0.4) is 0 Å². The summed E-state index contributed by atoms with van der Waals surface area (Å²) in [6.07, 6.45) is -1.26. The molecule has 0 unspecified atom stereocenters. The molecule has 0 amide bonds. The minimum atomic E-state index is -4.42. The highest BCUT2D eigenvalue weighted by Gasteiger charge is 2.29. The number of alkyl halides is 3. The van der Waals surface area contributed by atoms with Crippen LogP contribution in [0.1, 0.15) is 19.3 Å². The number of rotatable bonds is 4. The van der Waals surface area contributed by atoms with Gasteiger partial charge in [-0.1, -0.05) is 0 Å². The molecule has 1 aliphatic rings. The molecule has 0 spiro atoms. The van der Waals surface area contributed by atoms with Gasteiger partial charge in [0, 0.05) is 20.1 Å². The Balaban J connectivity index is 2.15. The number of hydrogen-bond acceptors (Lipinski definition) is 6. The van der Waals surface area contributed by atoms with Crippen LogP contribution in [0.5, 0.6) is 6.01 Å². The van der Waals surface area contributed by atoms with Gasteiger partial charge in [-0.2, -0.15) is 28.1 Å². The number of hydrogen-bond donors (Lipinski definition) is 1. The Morgan fingerprint density at radius 1 is 1.15 bits per heavy atom. The maximum atomic E-state index is 12.2. The van der Waals surface area contributed by atoms with Gasteiger partial charge in [0.05, 0.1) is 0 Å². The molecule has 1 aliphatic heterocycles. The number of halogens is 3. The standard InChI is InChI=1S/C11H16F3N5O/c1-15-8-16-9(19-5-3-2-4-6-19)18-10(17-8)20-7-11(12,13)14/h2-7H2,1H3,(H,15,16,17,18). The summed E-state index contributed by atoms with van der Waals surface area (Å²) in [5.74, 6) is 0.541. The summed E-state index contributed by atoms with van der Waals surface area (Å²) in [7, 11) is 1.59. The van der Waals surface area contributed by atoms with E-state index in [0.29, 0.717) is 5.95 Å². The van der Waals surface area contributed by atoms with E-state index in [2.05, 4.69) is 25.0 Å². The first-order valence-electron chi connectivity index (χ1n) is 6.36. The van der Waals surface area contributed by atoms with Crippen molar-refractivity contribution in [3.63, 3.8) is 0 Å². The second kappa shape index (κ2) is 6.10. The van der Waals surface area contributed by atoms with Crippen LogP contribution in [0, 0.1) is 0 Å². The normalized spacial score (nSPS) is 16.1. The topological polar surface area (TPSA) is 63.2 Å². The average molecular weight is 291 g/mol. The minimum Gasteiger partial charge on any atom is -0.454 e. The molecule has 1 saturated heterocycles. The highest BCUT2D eigenvalue weighted by Crippen LogP contribution is 2.21. The van der Waals surface area contributed by atoms with Crippen molar-refractivity contribution in [1.82, 2.24) is 15.0 Å². The van der Waals surface area contributed by atoms with Crippen molar-refractivity contribution >= 4 is 11.9 Å². The number of aromatic nitrogens is 3. The molecule has 0 radical (unpaired) electrons. The molecule has 6 nitrogen and oxygen atoms in total. The van der Waals surface area contributed by atoms with Crippen LogP contribution in [0.15, 0.2) is 0 Å². The lowest BCUT2D eigenvalue weighted by Gasteiger charge is -2.26. The summed E-state index contributed by atoms with van der Waals surface area (Å²) in [6.45, 7) is 0.150. The van der Waals surface area contributed by atoms with Gasteiger partial charge in [-0.05, 0) is 19.3 Å². The molecular formula is C11H16F3N5O. The zero-order valence-corrected chi connectivity index (χ0v) is 11.1. The number of ether oxygens (including phenoxy) is 1. The third kappa shape index (κ3) is 4.10. The Hall–Kier alpha value is -1.80. The van der Waals surface area contributed by atoms with Crippen LogP contribution in [0.4, 0.5) is 25.1 Å². The van der Waals surface area contributed by atoms with Gasteiger partial charge in [0.1, 0.15) is 0 Å². The fraction of sp³-hybridized carbons (Fsp3) is 0.727. The van der Waals surface area contributed by atoms with Gasteiger partial charge < -0.3 is 15.0 Å². The zero-order valence-electron chi connectivity index (χ0n) is 11.1. The molecule has 1 fully saturated rings. The smallest absolute Gasteiger partial charge is 0.422 e. The first-order valence-corrected chi connectivity index (χ1v) is 6.36. The van der Waals surface area contributed by atoms with Crippen molar-refractivity contribution in [1.29, 1.82) is 0 Å². The summed E-state index contributed by atoms with van der Waals surface area (Å²) in [6, 6.07) is -0.317. The second-order valence-electron chi connectivity index (χ2n) is 4.44. The molecule has 2 rings (SSSR count). The van der Waals surface area contributed by atoms with E-state index in [-0.39, 0.29) is 12.0 Å². The summed E-state index contributed by atoms with van der Waals surface area (Å²) < 4.78 is 41.1. The lowest BCUT2D eigenvalue weighted by atomic mass is 10.1. The van der Waals surface area contributed by atoms with E-state index in [1.807, 2.05) is 4.90 Å². The predicted octanol–water partition coefficient (Wildman–Crippen LogP) is 1.84. The number of nitrogens with zero attached hydrogens (tertiary/aromatic N) is 4. The van der Waals surface area contributed by atoms with Crippen molar-refractivity contribution in [2.75, 3.05) is 37.0 Å². The van der Waals surface area contributed by atoms with Gasteiger partial charge in [0.25, 0.3) is 0 Å². The molecule has 1 N–H and O–H groups in total. The van der Waals surface area contributed by atoms with E-state index in [4.69, 9.17) is 0 Å². The summed E-state index contributed by atoms with van der Waals surface area (Å²) >= 11 is 0. The average Bonchev–Trinajstić information content (AvgIpc) is 2.45. The Kier molecular flexibility index (Phi) is 4.46. The second-order valence-corrected chi connectivity index (χ2v) is 4.44. The Morgan fingerprint density at radius 3 is 2.45 bits per heavy atom. The number of nitrogens with one attached hydrogen (secondary N) is 1. The van der Waals surface area contributed by atoms with E-state index in [0.717, 1.165) is 32.4 Å². The maximum absolute atomic E-state index is 12.2. The molecule has 20 heavy (non-hydrogen) atoms. The zero-order chi connectivity index (χ0) is 14.6. The molecule has 1 aromatic heterocycles. The van der Waals surface area contributed by atoms with Crippen LogP contribution in [0.25, 0.3) is 0 Å². The van der Waals surface area contributed by atoms with Crippen molar-refractivity contribution < 1.29 is 17.9 Å². The Morgan fingerprint density at radius 2 is 1.85 bits per heavy atom. The lowest BCUT2D eigenvalue weighted by Crippen LogP contribution is -2.31. The number of piperidine rings is 1. The Bertz CT molecular complexity index is 448. The molecular weight excluding hydrogens is 275 g/mol. The van der Waals surface area contributed by atoms with Crippen molar-refractivity contribution in [3.8, 4) is 6.01 Å². The largest absolute Gasteiger partial charge is 0.454 e. The SMILES string of the molecule is CNc1nc(OCC(F)(F)F)nc(N2CCCCC2)n1. The molecule has 0 aliphatic carbocycles. The molecule has 112 valence electrons. The molecule has 0 saturated carbocycles. The first-order chi connectivity index (χ1) is 9.48. The monoisotopic (exact) mass is 291 g/mol. The minimum absolute atomic E-state index is 0.192. The van der Waals surface area contributed by atoms with Crippen LogP contribution in [0.2, 0.25) is 0 Å². The number of anilines is 2. The first kappa shape index (κ1) is 14.6. The van der Waals surface area contributed by atoms with Crippen LogP contribution in [-0.2, 0) is 0 Å². The summed E-state index contributed by atoms with van der Waals surface area (Å²) in [4.78, 5) is 13.8. The fourth-order valence-electron chi connectivity index (χ4n) is 1.90.